The number of pyridine rings is 1. The topological polar surface area (TPSA) is 63.5 Å². The lowest BCUT2D eigenvalue weighted by molar-refractivity contribution is 0.475. The Kier molecular flexibility index (Phi) is 2.01. The Morgan fingerprint density at radius 1 is 1.12 bits per heavy atom. The zero-order valence-corrected chi connectivity index (χ0v) is 9.04. The number of aromatic nitrogens is 2. The zero-order chi connectivity index (χ0) is 11.8. The van der Waals surface area contributed by atoms with Crippen molar-refractivity contribution in [2.75, 3.05) is 5.73 Å². The molecule has 0 saturated carbocycles. The van der Waals surface area contributed by atoms with Gasteiger partial charge < -0.3 is 10.8 Å². The summed E-state index contributed by atoms with van der Waals surface area (Å²) in [6.07, 6.45) is 3.67. The predicted molar refractivity (Wildman–Crippen MR) is 66.7 cm³/mol. The summed E-state index contributed by atoms with van der Waals surface area (Å²) < 4.78 is 1.96. The fourth-order valence-electron chi connectivity index (χ4n) is 1.84. The maximum atomic E-state index is 9.26. The Balaban J connectivity index is 2.21. The third kappa shape index (κ3) is 1.59. The normalized spacial score (nSPS) is 10.8. The van der Waals surface area contributed by atoms with E-state index in [0.717, 1.165) is 22.6 Å². The number of nitrogens with two attached hydrogens (primary N) is 1. The highest BCUT2D eigenvalue weighted by Gasteiger charge is 2.05. The summed E-state index contributed by atoms with van der Waals surface area (Å²) >= 11 is 0. The van der Waals surface area contributed by atoms with Crippen molar-refractivity contribution in [3.8, 4) is 17.1 Å². The predicted octanol–water partition coefficient (Wildman–Crippen LogP) is 2.29. The van der Waals surface area contributed by atoms with E-state index in [1.54, 1.807) is 18.3 Å². The molecule has 2 aromatic heterocycles. The van der Waals surface area contributed by atoms with Crippen LogP contribution in [0.25, 0.3) is 16.9 Å². The molecule has 3 aromatic rings. The van der Waals surface area contributed by atoms with Crippen LogP contribution in [-0.2, 0) is 0 Å². The molecule has 0 atom stereocenters. The Hall–Kier alpha value is -2.49. The van der Waals surface area contributed by atoms with Gasteiger partial charge >= 0.3 is 0 Å². The molecule has 3 N–H and O–H groups in total. The lowest BCUT2D eigenvalue weighted by atomic mass is 10.2. The van der Waals surface area contributed by atoms with Gasteiger partial charge in [0.1, 0.15) is 11.6 Å². The molecule has 0 fully saturated rings. The molecule has 0 radical (unpaired) electrons. The molecule has 84 valence electrons. The van der Waals surface area contributed by atoms with E-state index >= 15 is 0 Å². The molecule has 0 amide bonds. The van der Waals surface area contributed by atoms with Gasteiger partial charge in [0, 0.05) is 17.4 Å². The number of fused-ring (bicyclic) bond motifs is 1. The second kappa shape index (κ2) is 3.52. The number of hydrogen-bond donors (Lipinski definition) is 2. The maximum Gasteiger partial charge on any atom is 0.144 e. The smallest absolute Gasteiger partial charge is 0.144 e. The number of anilines is 1. The summed E-state index contributed by atoms with van der Waals surface area (Å²) in [5.74, 6) is 1.08. The highest BCUT2D eigenvalue weighted by Crippen LogP contribution is 2.22. The van der Waals surface area contributed by atoms with Crippen LogP contribution in [0.1, 0.15) is 0 Å². The monoisotopic (exact) mass is 225 g/mol. The standard InChI is InChI=1S/C13H11N3O/c14-10-5-6-16-11(7-10)8-15-13(16)9-1-3-12(17)4-2-9/h1-8,17H,14H2. The number of aromatic hydroxyl groups is 1. The molecule has 0 spiro atoms. The van der Waals surface area contributed by atoms with Crippen LogP contribution in [0.3, 0.4) is 0 Å². The van der Waals surface area contributed by atoms with E-state index in [1.807, 2.05) is 34.9 Å². The summed E-state index contributed by atoms with van der Waals surface area (Å²) in [6, 6.07) is 10.7. The SMILES string of the molecule is Nc1ccn2c(-c3ccc(O)cc3)ncc2c1. The number of benzene rings is 1. The van der Waals surface area contributed by atoms with Gasteiger partial charge in [0.2, 0.25) is 0 Å². The summed E-state index contributed by atoms with van der Waals surface area (Å²) in [5.41, 5.74) is 8.34. The molecule has 4 heteroatoms. The second-order valence-corrected chi connectivity index (χ2v) is 3.88. The van der Waals surface area contributed by atoms with E-state index in [-0.39, 0.29) is 5.75 Å². The van der Waals surface area contributed by atoms with Crippen molar-refractivity contribution in [1.29, 1.82) is 0 Å². The van der Waals surface area contributed by atoms with Crippen LogP contribution < -0.4 is 5.73 Å². The first-order valence-electron chi connectivity index (χ1n) is 5.26. The summed E-state index contributed by atoms with van der Waals surface area (Å²) in [5, 5.41) is 9.26. The maximum absolute atomic E-state index is 9.26. The number of nitrogen functional groups attached to an aromatic ring is 1. The molecule has 1 aromatic carbocycles. The van der Waals surface area contributed by atoms with Gasteiger partial charge in [-0.05, 0) is 36.4 Å². The molecule has 0 bridgehead atoms. The highest BCUT2D eigenvalue weighted by atomic mass is 16.3. The van der Waals surface area contributed by atoms with Crippen molar-refractivity contribution in [1.82, 2.24) is 9.38 Å². The van der Waals surface area contributed by atoms with Crippen LogP contribution in [-0.4, -0.2) is 14.5 Å². The molecule has 0 aliphatic carbocycles. The van der Waals surface area contributed by atoms with Crippen LogP contribution in [0.2, 0.25) is 0 Å². The third-order valence-electron chi connectivity index (χ3n) is 2.68. The van der Waals surface area contributed by atoms with Crippen molar-refractivity contribution in [2.24, 2.45) is 0 Å². The Labute approximate surface area is 98.0 Å². The Morgan fingerprint density at radius 3 is 2.65 bits per heavy atom. The van der Waals surface area contributed by atoms with Gasteiger partial charge in [0.25, 0.3) is 0 Å². The van der Waals surface area contributed by atoms with E-state index in [0.29, 0.717) is 0 Å². The van der Waals surface area contributed by atoms with Crippen LogP contribution in [0, 0.1) is 0 Å². The fraction of sp³-hybridized carbons (Fsp3) is 0. The quantitative estimate of drug-likeness (QED) is 0.667. The molecular weight excluding hydrogens is 214 g/mol. The Bertz CT molecular complexity index is 671. The molecule has 17 heavy (non-hydrogen) atoms. The van der Waals surface area contributed by atoms with Crippen molar-refractivity contribution >= 4 is 11.2 Å². The van der Waals surface area contributed by atoms with Crippen molar-refractivity contribution in [2.45, 2.75) is 0 Å². The number of phenolic OH excluding ortho intramolecular Hbond substituents is 1. The number of rotatable bonds is 1. The van der Waals surface area contributed by atoms with Gasteiger partial charge in [0.15, 0.2) is 0 Å². The number of nitrogens with zero attached hydrogens (tertiary/aromatic N) is 2. The first-order chi connectivity index (χ1) is 8.24. The molecule has 3 rings (SSSR count). The first-order valence-corrected chi connectivity index (χ1v) is 5.26. The minimum absolute atomic E-state index is 0.249. The second-order valence-electron chi connectivity index (χ2n) is 3.88. The number of hydrogen-bond acceptors (Lipinski definition) is 3. The highest BCUT2D eigenvalue weighted by molar-refractivity contribution is 5.65. The fourth-order valence-corrected chi connectivity index (χ4v) is 1.84. The van der Waals surface area contributed by atoms with Crippen LogP contribution >= 0.6 is 0 Å². The minimum atomic E-state index is 0.249. The van der Waals surface area contributed by atoms with Gasteiger partial charge in [-0.1, -0.05) is 0 Å². The van der Waals surface area contributed by atoms with Gasteiger partial charge in [-0.2, -0.15) is 0 Å². The van der Waals surface area contributed by atoms with Gasteiger partial charge in [-0.3, -0.25) is 4.40 Å². The van der Waals surface area contributed by atoms with E-state index in [2.05, 4.69) is 4.98 Å². The molecule has 2 heterocycles. The van der Waals surface area contributed by atoms with Crippen LogP contribution in [0.15, 0.2) is 48.8 Å². The summed E-state index contributed by atoms with van der Waals surface area (Å²) in [4.78, 5) is 4.36. The number of phenols is 1. The third-order valence-corrected chi connectivity index (χ3v) is 2.68. The summed E-state index contributed by atoms with van der Waals surface area (Å²) in [6.45, 7) is 0. The van der Waals surface area contributed by atoms with Crippen LogP contribution in [0.4, 0.5) is 5.69 Å². The van der Waals surface area contributed by atoms with Gasteiger partial charge in [-0.25, -0.2) is 4.98 Å². The number of imidazole rings is 1. The van der Waals surface area contributed by atoms with Gasteiger partial charge in [-0.15, -0.1) is 0 Å². The van der Waals surface area contributed by atoms with E-state index in [9.17, 15) is 5.11 Å². The zero-order valence-electron chi connectivity index (χ0n) is 9.04. The van der Waals surface area contributed by atoms with Crippen molar-refractivity contribution in [3.05, 3.63) is 48.8 Å². The van der Waals surface area contributed by atoms with E-state index in [1.165, 1.54) is 0 Å². The Morgan fingerprint density at radius 2 is 1.88 bits per heavy atom. The first kappa shape index (κ1) is 9.72. The van der Waals surface area contributed by atoms with Gasteiger partial charge in [0.05, 0.1) is 11.7 Å². The lowest BCUT2D eigenvalue weighted by Gasteiger charge is -2.02. The largest absolute Gasteiger partial charge is 0.508 e. The lowest BCUT2D eigenvalue weighted by Crippen LogP contribution is -1.91. The molecule has 0 unspecified atom stereocenters. The van der Waals surface area contributed by atoms with E-state index < -0.39 is 0 Å². The molecule has 4 nitrogen and oxygen atoms in total. The average Bonchev–Trinajstić information content (AvgIpc) is 2.73. The molecule has 0 saturated heterocycles. The van der Waals surface area contributed by atoms with Crippen molar-refractivity contribution < 1.29 is 5.11 Å². The van der Waals surface area contributed by atoms with E-state index in [4.69, 9.17) is 5.73 Å². The van der Waals surface area contributed by atoms with Crippen molar-refractivity contribution in [3.63, 3.8) is 0 Å². The minimum Gasteiger partial charge on any atom is -0.508 e. The molecule has 0 aliphatic rings. The van der Waals surface area contributed by atoms with Crippen LogP contribution in [0.5, 0.6) is 5.75 Å². The molecular formula is C13H11N3O. The molecule has 0 aliphatic heterocycles. The summed E-state index contributed by atoms with van der Waals surface area (Å²) in [7, 11) is 0. The average molecular weight is 225 g/mol.